The van der Waals surface area contributed by atoms with Gasteiger partial charge in [0.2, 0.25) is 5.91 Å². The normalized spacial score (nSPS) is 10.2. The first kappa shape index (κ1) is 18.2. The predicted molar refractivity (Wildman–Crippen MR) is 91.2 cm³/mol. The van der Waals surface area contributed by atoms with Gasteiger partial charge >= 0.3 is 5.97 Å². The number of amides is 1. The Morgan fingerprint density at radius 2 is 2.04 bits per heavy atom. The zero-order valence-corrected chi connectivity index (χ0v) is 14.7. The highest BCUT2D eigenvalue weighted by atomic mass is 35.5. The number of aromatic nitrogens is 1. The summed E-state index contributed by atoms with van der Waals surface area (Å²) in [5, 5.41) is 5.90. The molecule has 2 aromatic rings. The van der Waals surface area contributed by atoms with E-state index in [4.69, 9.17) is 16.3 Å². The van der Waals surface area contributed by atoms with Gasteiger partial charge in [0.15, 0.2) is 0 Å². The van der Waals surface area contributed by atoms with Gasteiger partial charge in [0.05, 0.1) is 25.6 Å². The van der Waals surface area contributed by atoms with Crippen molar-refractivity contribution in [3.8, 4) is 5.75 Å². The first-order valence-corrected chi connectivity index (χ1v) is 8.47. The predicted octanol–water partition coefficient (Wildman–Crippen LogP) is 2.60. The van der Waals surface area contributed by atoms with E-state index in [2.05, 4.69) is 15.0 Å². The van der Waals surface area contributed by atoms with Gasteiger partial charge in [-0.2, -0.15) is 0 Å². The van der Waals surface area contributed by atoms with Crippen LogP contribution in [0.15, 0.2) is 29.6 Å². The SMILES string of the molecule is COC(=O)CCNC(=O)Cc1csc(COc2ccc(Cl)cc2)n1. The number of nitrogens with one attached hydrogen (secondary N) is 1. The summed E-state index contributed by atoms with van der Waals surface area (Å²) in [7, 11) is 1.31. The van der Waals surface area contributed by atoms with E-state index in [0.29, 0.717) is 23.1 Å². The van der Waals surface area contributed by atoms with Crippen LogP contribution in [-0.4, -0.2) is 30.5 Å². The highest BCUT2D eigenvalue weighted by Crippen LogP contribution is 2.18. The van der Waals surface area contributed by atoms with Gasteiger partial charge in [-0.1, -0.05) is 11.6 Å². The third kappa shape index (κ3) is 6.17. The summed E-state index contributed by atoms with van der Waals surface area (Å²) in [5.74, 6) is 0.164. The molecule has 128 valence electrons. The molecule has 1 N–H and O–H groups in total. The molecule has 0 aliphatic heterocycles. The third-order valence-electron chi connectivity index (χ3n) is 3.00. The van der Waals surface area contributed by atoms with Gasteiger partial charge in [0.25, 0.3) is 0 Å². The number of methoxy groups -OCH3 is 1. The number of esters is 1. The molecule has 8 heteroatoms. The van der Waals surface area contributed by atoms with Crippen molar-refractivity contribution in [2.24, 2.45) is 0 Å². The Morgan fingerprint density at radius 1 is 1.29 bits per heavy atom. The number of rotatable bonds is 8. The quantitative estimate of drug-likeness (QED) is 0.725. The van der Waals surface area contributed by atoms with E-state index in [1.807, 2.05) is 5.38 Å². The van der Waals surface area contributed by atoms with Crippen molar-refractivity contribution in [3.63, 3.8) is 0 Å². The number of carbonyl (C=O) groups excluding carboxylic acids is 2. The number of ether oxygens (including phenoxy) is 2. The highest BCUT2D eigenvalue weighted by molar-refractivity contribution is 7.09. The maximum absolute atomic E-state index is 11.8. The summed E-state index contributed by atoms with van der Waals surface area (Å²) in [5.41, 5.74) is 0.672. The maximum Gasteiger partial charge on any atom is 0.307 e. The van der Waals surface area contributed by atoms with Crippen molar-refractivity contribution >= 4 is 34.8 Å². The molecule has 0 aliphatic rings. The van der Waals surface area contributed by atoms with E-state index < -0.39 is 0 Å². The molecular formula is C16H17ClN2O4S. The number of hydrogen-bond acceptors (Lipinski definition) is 6. The van der Waals surface area contributed by atoms with Gasteiger partial charge in [-0.15, -0.1) is 11.3 Å². The fourth-order valence-corrected chi connectivity index (χ4v) is 2.64. The second kappa shape index (κ2) is 9.24. The Balaban J connectivity index is 1.75. The van der Waals surface area contributed by atoms with Crippen LogP contribution in [0.4, 0.5) is 0 Å². The molecule has 24 heavy (non-hydrogen) atoms. The first-order chi connectivity index (χ1) is 11.6. The van der Waals surface area contributed by atoms with E-state index in [0.717, 1.165) is 5.01 Å². The van der Waals surface area contributed by atoms with Crippen LogP contribution in [0.3, 0.4) is 0 Å². The third-order valence-corrected chi connectivity index (χ3v) is 4.12. The summed E-state index contributed by atoms with van der Waals surface area (Å²) >= 11 is 7.24. The Kier molecular flexibility index (Phi) is 7.02. The molecule has 6 nitrogen and oxygen atoms in total. The molecule has 0 atom stereocenters. The Morgan fingerprint density at radius 3 is 2.75 bits per heavy atom. The molecule has 0 spiro atoms. The Bertz CT molecular complexity index is 688. The van der Waals surface area contributed by atoms with Crippen LogP contribution in [0.1, 0.15) is 17.1 Å². The molecule has 2 rings (SSSR count). The number of thiazole rings is 1. The van der Waals surface area contributed by atoms with Crippen molar-refractivity contribution in [2.75, 3.05) is 13.7 Å². The minimum Gasteiger partial charge on any atom is -0.486 e. The summed E-state index contributed by atoms with van der Waals surface area (Å²) in [6.07, 6.45) is 0.318. The fraction of sp³-hybridized carbons (Fsp3) is 0.312. The van der Waals surface area contributed by atoms with Gasteiger partial charge < -0.3 is 14.8 Å². The number of carbonyl (C=O) groups is 2. The number of halogens is 1. The molecule has 0 radical (unpaired) electrons. The lowest BCUT2D eigenvalue weighted by atomic mass is 10.3. The standard InChI is InChI=1S/C16H17ClN2O4S/c1-22-16(21)6-7-18-14(20)8-12-10-24-15(19-12)9-23-13-4-2-11(17)3-5-13/h2-5,10H,6-9H2,1H3,(H,18,20). The van der Waals surface area contributed by atoms with Crippen molar-refractivity contribution < 1.29 is 19.1 Å². The van der Waals surface area contributed by atoms with Crippen LogP contribution >= 0.6 is 22.9 Å². The smallest absolute Gasteiger partial charge is 0.307 e. The lowest BCUT2D eigenvalue weighted by molar-refractivity contribution is -0.140. The Labute approximate surface area is 148 Å². The molecule has 1 aromatic carbocycles. The molecule has 1 aromatic heterocycles. The molecular weight excluding hydrogens is 352 g/mol. The monoisotopic (exact) mass is 368 g/mol. The second-order valence-electron chi connectivity index (χ2n) is 4.83. The average molecular weight is 369 g/mol. The van der Waals surface area contributed by atoms with Crippen molar-refractivity contribution in [2.45, 2.75) is 19.4 Å². The largest absolute Gasteiger partial charge is 0.486 e. The molecule has 1 amide bonds. The van der Waals surface area contributed by atoms with Crippen molar-refractivity contribution in [1.82, 2.24) is 10.3 Å². The van der Waals surface area contributed by atoms with E-state index in [9.17, 15) is 9.59 Å². The van der Waals surface area contributed by atoms with Crippen molar-refractivity contribution in [1.29, 1.82) is 0 Å². The van der Waals surface area contributed by atoms with Crippen LogP contribution < -0.4 is 10.1 Å². The molecule has 0 bridgehead atoms. The van der Waals surface area contributed by atoms with Crippen LogP contribution in [0.5, 0.6) is 5.75 Å². The van der Waals surface area contributed by atoms with E-state index in [1.54, 1.807) is 24.3 Å². The van der Waals surface area contributed by atoms with Crippen molar-refractivity contribution in [3.05, 3.63) is 45.4 Å². The number of hydrogen-bond donors (Lipinski definition) is 1. The molecule has 0 saturated carbocycles. The highest BCUT2D eigenvalue weighted by Gasteiger charge is 2.09. The Hall–Kier alpha value is -2.12. The molecule has 0 fully saturated rings. The summed E-state index contributed by atoms with van der Waals surface area (Å²) in [6.45, 7) is 0.582. The molecule has 0 aliphatic carbocycles. The fourth-order valence-electron chi connectivity index (χ4n) is 1.81. The van der Waals surface area contributed by atoms with Crippen LogP contribution in [0.2, 0.25) is 5.02 Å². The molecule has 0 saturated heterocycles. The van der Waals surface area contributed by atoms with E-state index >= 15 is 0 Å². The molecule has 1 heterocycles. The second-order valence-corrected chi connectivity index (χ2v) is 6.21. The zero-order chi connectivity index (χ0) is 17.4. The summed E-state index contributed by atoms with van der Waals surface area (Å²) in [4.78, 5) is 27.1. The van der Waals surface area contributed by atoms with E-state index in [1.165, 1.54) is 18.4 Å². The van der Waals surface area contributed by atoms with Crippen LogP contribution in [-0.2, 0) is 27.4 Å². The number of nitrogens with zero attached hydrogens (tertiary/aromatic N) is 1. The minimum atomic E-state index is -0.356. The van der Waals surface area contributed by atoms with Gasteiger partial charge in [-0.05, 0) is 24.3 Å². The molecule has 0 unspecified atom stereocenters. The topological polar surface area (TPSA) is 77.5 Å². The average Bonchev–Trinajstić information content (AvgIpc) is 3.01. The van der Waals surface area contributed by atoms with Gasteiger partial charge in [-0.3, -0.25) is 9.59 Å². The van der Waals surface area contributed by atoms with E-state index in [-0.39, 0.29) is 31.3 Å². The van der Waals surface area contributed by atoms with Gasteiger partial charge in [-0.25, -0.2) is 4.98 Å². The lowest BCUT2D eigenvalue weighted by Crippen LogP contribution is -2.27. The van der Waals surface area contributed by atoms with Gasteiger partial charge in [0.1, 0.15) is 17.4 Å². The van der Waals surface area contributed by atoms with Crippen LogP contribution in [0, 0.1) is 0 Å². The summed E-state index contributed by atoms with van der Waals surface area (Å²) in [6, 6.07) is 7.07. The van der Waals surface area contributed by atoms with Crippen LogP contribution in [0.25, 0.3) is 0 Å². The number of benzene rings is 1. The minimum absolute atomic E-state index is 0.152. The summed E-state index contributed by atoms with van der Waals surface area (Å²) < 4.78 is 10.1. The maximum atomic E-state index is 11.8. The zero-order valence-electron chi connectivity index (χ0n) is 13.1. The van der Waals surface area contributed by atoms with Gasteiger partial charge in [0, 0.05) is 16.9 Å². The lowest BCUT2D eigenvalue weighted by Gasteiger charge is -2.04. The first-order valence-electron chi connectivity index (χ1n) is 7.22.